The van der Waals surface area contributed by atoms with Crippen LogP contribution in [0.25, 0.3) is 32.9 Å². The lowest BCUT2D eigenvalue weighted by Gasteiger charge is -2.29. The van der Waals surface area contributed by atoms with Gasteiger partial charge in [0.25, 0.3) is 0 Å². The average Bonchev–Trinajstić information content (AvgIpc) is 3.46. The lowest BCUT2D eigenvalue weighted by atomic mass is 9.96. The van der Waals surface area contributed by atoms with E-state index in [9.17, 15) is 9.50 Å². The van der Waals surface area contributed by atoms with Crippen LogP contribution in [0.1, 0.15) is 18.4 Å². The number of benzene rings is 2. The van der Waals surface area contributed by atoms with E-state index in [1.165, 1.54) is 30.5 Å². The van der Waals surface area contributed by atoms with E-state index in [0.717, 1.165) is 19.4 Å². The highest BCUT2D eigenvalue weighted by Crippen LogP contribution is 2.38. The number of aromatic hydroxyl groups is 1. The van der Waals surface area contributed by atoms with Crippen molar-refractivity contribution in [1.82, 2.24) is 20.3 Å². The molecule has 4 heterocycles. The number of hydrogen-bond acceptors (Lipinski definition) is 8. The van der Waals surface area contributed by atoms with E-state index < -0.39 is 11.6 Å². The van der Waals surface area contributed by atoms with Gasteiger partial charge in [-0.05, 0) is 43.0 Å². The summed E-state index contributed by atoms with van der Waals surface area (Å²) in [6.07, 6.45) is 9.34. The summed E-state index contributed by atoms with van der Waals surface area (Å²) in [5, 5.41) is 15.1. The Hall–Kier alpha value is -4.07. The topological polar surface area (TPSA) is 86.6 Å². The number of anilines is 2. The molecule has 10 heteroatoms. The summed E-state index contributed by atoms with van der Waals surface area (Å²) in [7, 11) is 1.93. The van der Waals surface area contributed by atoms with Crippen molar-refractivity contribution in [3.8, 4) is 29.4 Å². The predicted octanol–water partition coefficient (Wildman–Crippen LogP) is 3.83. The van der Waals surface area contributed by atoms with E-state index in [4.69, 9.17) is 16.1 Å². The number of hydrogen-bond donors (Lipinski definition) is 2. The third kappa shape index (κ3) is 4.58. The van der Waals surface area contributed by atoms with E-state index in [2.05, 4.69) is 21.2 Å². The molecule has 2 saturated heterocycles. The predicted molar refractivity (Wildman–Crippen MR) is 147 cm³/mol. The molecule has 39 heavy (non-hydrogen) atoms. The number of halogens is 2. The molecule has 0 spiro atoms. The molecule has 0 unspecified atom stereocenters. The number of pyridine rings is 1. The zero-order valence-electron chi connectivity index (χ0n) is 21.5. The minimum Gasteiger partial charge on any atom is -0.508 e. The molecule has 2 fully saturated rings. The second-order valence-corrected chi connectivity index (χ2v) is 9.96. The fourth-order valence-electron chi connectivity index (χ4n) is 5.50. The van der Waals surface area contributed by atoms with Gasteiger partial charge in [0.05, 0.1) is 24.2 Å². The molecular weight excluding hydrogens is 502 g/mol. The maximum Gasteiger partial charge on any atom is 0.228 e. The Bertz CT molecular complexity index is 1610. The lowest BCUT2D eigenvalue weighted by molar-refractivity contribution is 0.122. The van der Waals surface area contributed by atoms with Gasteiger partial charge < -0.3 is 25.0 Å². The average molecular weight is 531 g/mol. The van der Waals surface area contributed by atoms with Crippen molar-refractivity contribution in [2.45, 2.75) is 18.9 Å². The van der Waals surface area contributed by atoms with Gasteiger partial charge in [-0.1, -0.05) is 12.0 Å². The Morgan fingerprint density at radius 3 is 2.79 bits per heavy atom. The molecule has 0 bridgehead atoms. The second-order valence-electron chi connectivity index (χ2n) is 9.96. The molecule has 0 aliphatic carbocycles. The van der Waals surface area contributed by atoms with Crippen molar-refractivity contribution in [1.29, 1.82) is 0 Å². The van der Waals surface area contributed by atoms with Crippen molar-refractivity contribution in [3.05, 3.63) is 47.7 Å². The number of morpholine rings is 1. The summed E-state index contributed by atoms with van der Waals surface area (Å²) in [5.41, 5.74) is 0.175. The molecule has 2 aromatic carbocycles. The van der Waals surface area contributed by atoms with Crippen LogP contribution in [0, 0.1) is 24.0 Å². The Kier molecular flexibility index (Phi) is 6.62. The monoisotopic (exact) mass is 530 g/mol. The summed E-state index contributed by atoms with van der Waals surface area (Å²) >= 11 is 0. The number of rotatable bonds is 5. The number of phenolic OH excluding ortho intramolecular Hbond substituents is 1. The van der Waals surface area contributed by atoms with Crippen molar-refractivity contribution >= 4 is 33.4 Å². The minimum atomic E-state index is -0.697. The molecule has 0 radical (unpaired) electrons. The van der Waals surface area contributed by atoms with E-state index in [-0.39, 0.29) is 28.1 Å². The number of terminal acetylenes is 1. The van der Waals surface area contributed by atoms with Crippen molar-refractivity contribution < 1.29 is 18.6 Å². The van der Waals surface area contributed by atoms with Gasteiger partial charge in [0.1, 0.15) is 28.6 Å². The van der Waals surface area contributed by atoms with Crippen LogP contribution in [0.15, 0.2) is 30.5 Å². The number of fused-ring (bicyclic) bond motifs is 2. The fourth-order valence-corrected chi connectivity index (χ4v) is 5.50. The van der Waals surface area contributed by atoms with Crippen LogP contribution < -0.4 is 15.1 Å². The number of likely N-dealkylation sites (N-methyl/N-ethyl adjacent to an activating group) is 1. The molecule has 1 atom stereocenters. The molecular formula is C29H28F2N6O2. The van der Waals surface area contributed by atoms with Crippen LogP contribution in [-0.4, -0.2) is 72.5 Å². The van der Waals surface area contributed by atoms with E-state index in [0.29, 0.717) is 66.8 Å². The van der Waals surface area contributed by atoms with Crippen LogP contribution in [0.5, 0.6) is 5.75 Å². The Morgan fingerprint density at radius 1 is 1.23 bits per heavy atom. The van der Waals surface area contributed by atoms with Crippen LogP contribution in [0.3, 0.4) is 0 Å². The highest BCUT2D eigenvalue weighted by atomic mass is 19.1. The first kappa shape index (κ1) is 25.2. The second kappa shape index (κ2) is 10.2. The molecule has 0 amide bonds. The Labute approximate surface area is 224 Å². The van der Waals surface area contributed by atoms with Crippen LogP contribution in [0.4, 0.5) is 20.5 Å². The van der Waals surface area contributed by atoms with Crippen LogP contribution >= 0.6 is 0 Å². The smallest absolute Gasteiger partial charge is 0.228 e. The van der Waals surface area contributed by atoms with Gasteiger partial charge in [-0.25, -0.2) is 13.8 Å². The highest BCUT2D eigenvalue weighted by Gasteiger charge is 2.25. The standard InChI is InChI=1S/C29H28F2N6O2/c1-3-20-23(30)7-6-17-13-19(38)14-21(24(17)20)26-25(31)27-22(15-33-26)28(36(2)16-18-5-4-8-32-18)35-29(34-27)37-9-11-39-12-10-37/h1,6-7,13-15,18,32,38H,4-5,8-12,16H2,2H3/t18-/m1/s1. The SMILES string of the molecule is C#Cc1c(F)ccc2cc(O)cc(-c3ncc4c(N(C)C[C@H]5CCCN5)nc(N5CCOCC5)nc4c3F)c12. The summed E-state index contributed by atoms with van der Waals surface area (Å²) in [5.74, 6) is 1.92. The van der Waals surface area contributed by atoms with Gasteiger partial charge in [0, 0.05) is 49.9 Å². The quantitative estimate of drug-likeness (QED) is 0.377. The third-order valence-electron chi connectivity index (χ3n) is 7.42. The van der Waals surface area contributed by atoms with Crippen LogP contribution in [0.2, 0.25) is 0 Å². The number of aromatic nitrogens is 3. The lowest BCUT2D eigenvalue weighted by Crippen LogP contribution is -2.38. The van der Waals surface area contributed by atoms with E-state index in [1.54, 1.807) is 0 Å². The molecule has 2 aliphatic heterocycles. The van der Waals surface area contributed by atoms with E-state index in [1.807, 2.05) is 16.8 Å². The minimum absolute atomic E-state index is 0.0232. The van der Waals surface area contributed by atoms with Gasteiger partial charge in [0.15, 0.2) is 5.82 Å². The number of phenols is 1. The van der Waals surface area contributed by atoms with Crippen molar-refractivity contribution in [2.75, 3.05) is 56.2 Å². The summed E-state index contributed by atoms with van der Waals surface area (Å²) < 4.78 is 36.7. The maximum atomic E-state index is 16.5. The first-order chi connectivity index (χ1) is 18.9. The first-order valence-corrected chi connectivity index (χ1v) is 13.0. The fraction of sp³-hybridized carbons (Fsp3) is 0.345. The molecule has 4 aromatic rings. The van der Waals surface area contributed by atoms with Crippen molar-refractivity contribution in [2.24, 2.45) is 0 Å². The molecule has 8 nitrogen and oxygen atoms in total. The third-order valence-corrected chi connectivity index (χ3v) is 7.42. The number of nitrogens with one attached hydrogen (secondary N) is 1. The first-order valence-electron chi connectivity index (χ1n) is 13.0. The molecule has 2 aromatic heterocycles. The van der Waals surface area contributed by atoms with Gasteiger partial charge in [-0.15, -0.1) is 6.42 Å². The summed E-state index contributed by atoms with van der Waals surface area (Å²) in [4.78, 5) is 17.9. The molecule has 2 aliphatic rings. The maximum absolute atomic E-state index is 16.5. The number of nitrogens with zero attached hydrogens (tertiary/aromatic N) is 5. The van der Waals surface area contributed by atoms with E-state index >= 15 is 4.39 Å². The molecule has 0 saturated carbocycles. The zero-order valence-corrected chi connectivity index (χ0v) is 21.5. The van der Waals surface area contributed by atoms with Gasteiger partial charge >= 0.3 is 0 Å². The molecule has 6 rings (SSSR count). The van der Waals surface area contributed by atoms with Crippen molar-refractivity contribution in [3.63, 3.8) is 0 Å². The Balaban J connectivity index is 1.56. The van der Waals surface area contributed by atoms with Gasteiger partial charge in [-0.2, -0.15) is 4.98 Å². The summed E-state index contributed by atoms with van der Waals surface area (Å²) in [6.45, 7) is 3.89. The molecule has 2 N–H and O–H groups in total. The van der Waals surface area contributed by atoms with Gasteiger partial charge in [-0.3, -0.25) is 4.98 Å². The Morgan fingerprint density at radius 2 is 2.05 bits per heavy atom. The molecule has 200 valence electrons. The van der Waals surface area contributed by atoms with Gasteiger partial charge in [0.2, 0.25) is 5.95 Å². The zero-order chi connectivity index (χ0) is 27.1. The summed E-state index contributed by atoms with van der Waals surface area (Å²) in [6, 6.07) is 5.84. The highest BCUT2D eigenvalue weighted by molar-refractivity contribution is 6.03. The number of ether oxygens (including phenoxy) is 1. The van der Waals surface area contributed by atoms with Crippen LogP contribution in [-0.2, 0) is 4.74 Å². The largest absolute Gasteiger partial charge is 0.508 e. The normalized spacial score (nSPS) is 17.6.